The van der Waals surface area contributed by atoms with Gasteiger partial charge in [-0.1, -0.05) is 13.8 Å². The molecule has 0 saturated carbocycles. The van der Waals surface area contributed by atoms with Gasteiger partial charge in [-0.3, -0.25) is 4.90 Å². The zero-order valence-electron chi connectivity index (χ0n) is 11.5. The second-order valence-electron chi connectivity index (χ2n) is 4.40. The molecule has 4 heteroatoms. The lowest BCUT2D eigenvalue weighted by Gasteiger charge is -2.31. The van der Waals surface area contributed by atoms with Crippen LogP contribution in [0, 0.1) is 0 Å². The number of nitrogens with zero attached hydrogens (tertiary/aromatic N) is 1. The third-order valence-electron chi connectivity index (χ3n) is 2.97. The van der Waals surface area contributed by atoms with Crippen molar-refractivity contribution in [3.05, 3.63) is 0 Å². The third-order valence-corrected chi connectivity index (χ3v) is 2.97. The van der Waals surface area contributed by atoms with Crippen LogP contribution < -0.4 is 5.32 Å². The summed E-state index contributed by atoms with van der Waals surface area (Å²) in [5.41, 5.74) is 0. The second-order valence-corrected chi connectivity index (χ2v) is 4.40. The first kappa shape index (κ1) is 16.8. The zero-order chi connectivity index (χ0) is 12.9. The number of nitrogens with one attached hydrogen (secondary N) is 1. The molecule has 0 fully saturated rings. The van der Waals surface area contributed by atoms with E-state index < -0.39 is 0 Å². The molecule has 0 amide bonds. The van der Waals surface area contributed by atoms with Crippen molar-refractivity contribution in [3.63, 3.8) is 0 Å². The zero-order valence-corrected chi connectivity index (χ0v) is 11.5. The largest absolute Gasteiger partial charge is 0.396 e. The van der Waals surface area contributed by atoms with Crippen LogP contribution in [-0.4, -0.2) is 54.1 Å². The molecule has 0 aliphatic rings. The van der Waals surface area contributed by atoms with Gasteiger partial charge >= 0.3 is 0 Å². The first-order valence-corrected chi connectivity index (χ1v) is 6.99. The maximum absolute atomic E-state index is 8.93. The summed E-state index contributed by atoms with van der Waals surface area (Å²) in [4.78, 5) is 2.40. The van der Waals surface area contributed by atoms with E-state index in [9.17, 15) is 0 Å². The summed E-state index contributed by atoms with van der Waals surface area (Å²) in [6.45, 7) is 7.92. The summed E-state index contributed by atoms with van der Waals surface area (Å²) >= 11 is 0. The molecule has 0 aromatic carbocycles. The standard InChI is InChI=1S/C13H30N2O2/c1-3-9-14-13(8-7-12-17)15(4-2)10-5-6-11-16/h13-14,16-17H,3-12H2,1-2H3. The molecule has 104 valence electrons. The van der Waals surface area contributed by atoms with E-state index in [1.807, 2.05) is 0 Å². The molecule has 1 unspecified atom stereocenters. The Morgan fingerprint density at radius 2 is 1.76 bits per heavy atom. The number of hydrogen-bond acceptors (Lipinski definition) is 4. The lowest BCUT2D eigenvalue weighted by atomic mass is 10.2. The molecular weight excluding hydrogens is 216 g/mol. The van der Waals surface area contributed by atoms with Crippen molar-refractivity contribution in [1.29, 1.82) is 0 Å². The van der Waals surface area contributed by atoms with E-state index in [0.717, 1.165) is 51.7 Å². The summed E-state index contributed by atoms with van der Waals surface area (Å²) < 4.78 is 0. The average molecular weight is 246 g/mol. The first-order chi connectivity index (χ1) is 8.29. The summed E-state index contributed by atoms with van der Waals surface area (Å²) in [6.07, 6.45) is 5.24. The van der Waals surface area contributed by atoms with E-state index >= 15 is 0 Å². The molecular formula is C13H30N2O2. The fourth-order valence-electron chi connectivity index (χ4n) is 1.97. The van der Waals surface area contributed by atoms with E-state index in [2.05, 4.69) is 24.1 Å². The van der Waals surface area contributed by atoms with Gasteiger partial charge in [0.25, 0.3) is 0 Å². The Hall–Kier alpha value is -0.160. The van der Waals surface area contributed by atoms with Crippen molar-refractivity contribution in [2.24, 2.45) is 0 Å². The predicted octanol–water partition coefficient (Wildman–Crippen LogP) is 1.18. The highest BCUT2D eigenvalue weighted by Gasteiger charge is 2.14. The van der Waals surface area contributed by atoms with Crippen molar-refractivity contribution in [2.75, 3.05) is 32.8 Å². The number of rotatable bonds is 12. The molecule has 0 aliphatic carbocycles. The highest BCUT2D eigenvalue weighted by molar-refractivity contribution is 4.69. The highest BCUT2D eigenvalue weighted by atomic mass is 16.3. The van der Waals surface area contributed by atoms with Gasteiger partial charge in [-0.05, 0) is 51.7 Å². The molecule has 4 nitrogen and oxygen atoms in total. The molecule has 0 bridgehead atoms. The van der Waals surface area contributed by atoms with Crippen molar-refractivity contribution < 1.29 is 10.2 Å². The van der Waals surface area contributed by atoms with Crippen LogP contribution in [0.15, 0.2) is 0 Å². The molecule has 0 aromatic heterocycles. The summed E-state index contributed by atoms with van der Waals surface area (Å²) in [5.74, 6) is 0. The molecule has 0 rings (SSSR count). The molecule has 1 atom stereocenters. The van der Waals surface area contributed by atoms with Crippen LogP contribution >= 0.6 is 0 Å². The molecule has 0 saturated heterocycles. The Morgan fingerprint density at radius 3 is 2.29 bits per heavy atom. The van der Waals surface area contributed by atoms with E-state index in [1.54, 1.807) is 0 Å². The topological polar surface area (TPSA) is 55.7 Å². The van der Waals surface area contributed by atoms with E-state index in [4.69, 9.17) is 10.2 Å². The third kappa shape index (κ3) is 8.55. The Bertz CT molecular complexity index is 148. The normalized spacial score (nSPS) is 13.2. The van der Waals surface area contributed by atoms with Crippen molar-refractivity contribution in [1.82, 2.24) is 10.2 Å². The molecule has 17 heavy (non-hydrogen) atoms. The molecule has 0 heterocycles. The van der Waals surface area contributed by atoms with Crippen molar-refractivity contribution >= 4 is 0 Å². The summed E-state index contributed by atoms with van der Waals surface area (Å²) in [6, 6.07) is 0. The first-order valence-electron chi connectivity index (χ1n) is 6.99. The molecule has 0 radical (unpaired) electrons. The number of hydrogen-bond donors (Lipinski definition) is 3. The summed E-state index contributed by atoms with van der Waals surface area (Å²) in [7, 11) is 0. The van der Waals surface area contributed by atoms with Crippen LogP contribution in [0.3, 0.4) is 0 Å². The minimum absolute atomic E-state index is 0.262. The average Bonchev–Trinajstić information content (AvgIpc) is 2.36. The van der Waals surface area contributed by atoms with Crippen LogP contribution in [-0.2, 0) is 0 Å². The van der Waals surface area contributed by atoms with Crippen LogP contribution in [0.1, 0.15) is 46.0 Å². The fraction of sp³-hybridized carbons (Fsp3) is 1.00. The lowest BCUT2D eigenvalue weighted by Crippen LogP contribution is -2.46. The van der Waals surface area contributed by atoms with Gasteiger partial charge in [0, 0.05) is 13.2 Å². The van der Waals surface area contributed by atoms with Crippen molar-refractivity contribution in [2.45, 2.75) is 52.1 Å². The summed E-state index contributed by atoms with van der Waals surface area (Å²) in [5, 5.41) is 21.3. The highest BCUT2D eigenvalue weighted by Crippen LogP contribution is 2.06. The SMILES string of the molecule is CCCNC(CCCO)N(CC)CCCCO. The van der Waals surface area contributed by atoms with Gasteiger partial charge in [0.15, 0.2) is 0 Å². The smallest absolute Gasteiger partial charge is 0.0597 e. The van der Waals surface area contributed by atoms with Gasteiger partial charge < -0.3 is 15.5 Å². The van der Waals surface area contributed by atoms with Crippen LogP contribution in [0.25, 0.3) is 0 Å². The van der Waals surface area contributed by atoms with Crippen LogP contribution in [0.2, 0.25) is 0 Å². The Balaban J connectivity index is 4.06. The van der Waals surface area contributed by atoms with Crippen LogP contribution in [0.4, 0.5) is 0 Å². The van der Waals surface area contributed by atoms with Gasteiger partial charge in [-0.2, -0.15) is 0 Å². The fourth-order valence-corrected chi connectivity index (χ4v) is 1.97. The van der Waals surface area contributed by atoms with Gasteiger partial charge in [0.05, 0.1) is 6.17 Å². The predicted molar refractivity (Wildman–Crippen MR) is 72.0 cm³/mol. The Morgan fingerprint density at radius 1 is 1.06 bits per heavy atom. The van der Waals surface area contributed by atoms with E-state index in [0.29, 0.717) is 6.17 Å². The minimum Gasteiger partial charge on any atom is -0.396 e. The number of aliphatic hydroxyl groups is 2. The van der Waals surface area contributed by atoms with Gasteiger partial charge in [0.2, 0.25) is 0 Å². The van der Waals surface area contributed by atoms with Crippen LogP contribution in [0.5, 0.6) is 0 Å². The van der Waals surface area contributed by atoms with E-state index in [1.165, 1.54) is 0 Å². The number of aliphatic hydroxyl groups excluding tert-OH is 2. The monoisotopic (exact) mass is 246 g/mol. The van der Waals surface area contributed by atoms with Gasteiger partial charge in [0.1, 0.15) is 0 Å². The Labute approximate surface area is 106 Å². The molecule has 3 N–H and O–H groups in total. The molecule has 0 aliphatic heterocycles. The molecule has 0 aromatic rings. The maximum atomic E-state index is 8.93. The number of unbranched alkanes of at least 4 members (excludes halogenated alkanes) is 1. The minimum atomic E-state index is 0.262. The lowest BCUT2D eigenvalue weighted by molar-refractivity contribution is 0.145. The van der Waals surface area contributed by atoms with E-state index in [-0.39, 0.29) is 13.2 Å². The quantitative estimate of drug-likeness (QED) is 0.357. The maximum Gasteiger partial charge on any atom is 0.0597 e. The van der Waals surface area contributed by atoms with Gasteiger partial charge in [-0.15, -0.1) is 0 Å². The van der Waals surface area contributed by atoms with Crippen molar-refractivity contribution in [3.8, 4) is 0 Å². The molecule has 0 spiro atoms. The second kappa shape index (κ2) is 12.3. The van der Waals surface area contributed by atoms with Gasteiger partial charge in [-0.25, -0.2) is 0 Å². The Kier molecular flexibility index (Phi) is 12.2.